The SMILES string of the molecule is [CH]C(C)(C)C1CCC(CNc2nc3cc(Oc4ccnc(C(=O)NC)c4)ccc3n2C)CC1. The van der Waals surface area contributed by atoms with Gasteiger partial charge in [0.1, 0.15) is 17.2 Å². The Balaban J connectivity index is 1.41. The molecule has 1 aliphatic carbocycles. The van der Waals surface area contributed by atoms with Crippen molar-refractivity contribution >= 4 is 22.9 Å². The standard InChI is InChI=1S/C26H33N5O2/c1-26(2,3)18-8-6-17(7-9-18)16-29-25-30-21-14-19(10-11-23(21)31(25)5)33-20-12-13-28-22(15-20)24(32)27-4/h1,10-15,17-18H,6-9,16H2,2-5H3,(H,27,32)(H,29,30). The second-order valence-electron chi connectivity index (χ2n) is 9.62. The fourth-order valence-corrected chi connectivity index (χ4v) is 4.61. The summed E-state index contributed by atoms with van der Waals surface area (Å²) in [6.45, 7) is 11.5. The van der Waals surface area contributed by atoms with Crippen molar-refractivity contribution in [1.29, 1.82) is 0 Å². The van der Waals surface area contributed by atoms with Gasteiger partial charge in [-0.05, 0) is 68.1 Å². The minimum absolute atomic E-state index is 0.0875. The Hall–Kier alpha value is -3.09. The highest BCUT2D eigenvalue weighted by atomic mass is 16.5. The summed E-state index contributed by atoms with van der Waals surface area (Å²) in [6, 6.07) is 9.16. The Kier molecular flexibility index (Phi) is 6.58. The summed E-state index contributed by atoms with van der Waals surface area (Å²) in [7, 11) is 3.59. The Bertz CT molecular complexity index is 1120. The molecule has 1 aromatic carbocycles. The number of nitrogens with one attached hydrogen (secondary N) is 2. The second-order valence-corrected chi connectivity index (χ2v) is 9.62. The van der Waals surface area contributed by atoms with E-state index in [1.54, 1.807) is 25.4 Å². The van der Waals surface area contributed by atoms with Crippen LogP contribution < -0.4 is 15.4 Å². The van der Waals surface area contributed by atoms with Crippen LogP contribution in [-0.4, -0.2) is 34.0 Å². The molecular weight excluding hydrogens is 414 g/mol. The number of carbonyl (C=O) groups is 1. The van der Waals surface area contributed by atoms with Crippen molar-refractivity contribution < 1.29 is 9.53 Å². The van der Waals surface area contributed by atoms with E-state index in [1.165, 1.54) is 25.7 Å². The highest BCUT2D eigenvalue weighted by Gasteiger charge is 2.29. The van der Waals surface area contributed by atoms with Gasteiger partial charge in [0.05, 0.1) is 11.0 Å². The Morgan fingerprint density at radius 2 is 1.91 bits per heavy atom. The number of aromatic nitrogens is 3. The molecule has 3 aromatic rings. The maximum absolute atomic E-state index is 11.8. The summed E-state index contributed by atoms with van der Waals surface area (Å²) in [6.07, 6.45) is 6.34. The van der Waals surface area contributed by atoms with E-state index >= 15 is 0 Å². The smallest absolute Gasteiger partial charge is 0.269 e. The van der Waals surface area contributed by atoms with Crippen molar-refractivity contribution in [3.63, 3.8) is 0 Å². The van der Waals surface area contributed by atoms with Crippen molar-refractivity contribution in [2.45, 2.75) is 39.5 Å². The van der Waals surface area contributed by atoms with Crippen molar-refractivity contribution in [2.75, 3.05) is 18.9 Å². The van der Waals surface area contributed by atoms with Crippen LogP contribution in [0.3, 0.4) is 0 Å². The van der Waals surface area contributed by atoms with Gasteiger partial charge in [-0.1, -0.05) is 13.8 Å². The highest BCUT2D eigenvalue weighted by Crippen LogP contribution is 2.39. The molecule has 0 bridgehead atoms. The van der Waals surface area contributed by atoms with Crippen LogP contribution in [0.5, 0.6) is 11.5 Å². The van der Waals surface area contributed by atoms with Crippen LogP contribution in [-0.2, 0) is 7.05 Å². The molecule has 33 heavy (non-hydrogen) atoms. The Labute approximate surface area is 196 Å². The van der Waals surface area contributed by atoms with E-state index in [4.69, 9.17) is 16.6 Å². The van der Waals surface area contributed by atoms with Gasteiger partial charge in [0.2, 0.25) is 5.95 Å². The van der Waals surface area contributed by atoms with Gasteiger partial charge in [0.25, 0.3) is 5.91 Å². The number of ether oxygens (including phenoxy) is 1. The molecule has 1 aliphatic rings. The third-order valence-corrected chi connectivity index (χ3v) is 6.73. The number of aryl methyl sites for hydroxylation is 1. The third-order valence-electron chi connectivity index (χ3n) is 6.73. The fourth-order valence-electron chi connectivity index (χ4n) is 4.61. The van der Waals surface area contributed by atoms with Crippen molar-refractivity contribution in [2.24, 2.45) is 24.3 Å². The minimum Gasteiger partial charge on any atom is -0.457 e. The summed E-state index contributed by atoms with van der Waals surface area (Å²) in [5.41, 5.74) is 2.10. The molecule has 7 nitrogen and oxygen atoms in total. The Morgan fingerprint density at radius 1 is 1.18 bits per heavy atom. The highest BCUT2D eigenvalue weighted by molar-refractivity contribution is 5.92. The van der Waals surface area contributed by atoms with E-state index in [0.29, 0.717) is 29.0 Å². The number of nitrogens with zero attached hydrogens (tertiary/aromatic N) is 3. The van der Waals surface area contributed by atoms with Crippen LogP contribution in [0.25, 0.3) is 11.0 Å². The summed E-state index contributed by atoms with van der Waals surface area (Å²) in [5.74, 6) is 3.06. The lowest BCUT2D eigenvalue weighted by atomic mass is 9.70. The number of carbonyl (C=O) groups excluding carboxylic acids is 1. The Morgan fingerprint density at radius 3 is 2.61 bits per heavy atom. The molecule has 0 spiro atoms. The van der Waals surface area contributed by atoms with Gasteiger partial charge in [0.15, 0.2) is 0 Å². The van der Waals surface area contributed by atoms with Gasteiger partial charge in [-0.2, -0.15) is 0 Å². The monoisotopic (exact) mass is 447 g/mol. The fraction of sp³-hybridized carbons (Fsp3) is 0.462. The molecule has 0 aliphatic heterocycles. The number of amides is 1. The van der Waals surface area contributed by atoms with Crippen LogP contribution in [0.4, 0.5) is 5.95 Å². The van der Waals surface area contributed by atoms with E-state index < -0.39 is 0 Å². The van der Waals surface area contributed by atoms with Gasteiger partial charge >= 0.3 is 0 Å². The number of rotatable bonds is 7. The van der Waals surface area contributed by atoms with Gasteiger partial charge in [-0.25, -0.2) is 4.98 Å². The van der Waals surface area contributed by atoms with Crippen molar-refractivity contribution in [3.05, 3.63) is 49.1 Å². The molecule has 2 N–H and O–H groups in total. The average Bonchev–Trinajstić information content (AvgIpc) is 3.11. The molecule has 2 aromatic heterocycles. The molecule has 174 valence electrons. The molecular formula is C26H33N5O2. The quantitative estimate of drug-likeness (QED) is 0.528. The maximum Gasteiger partial charge on any atom is 0.269 e. The van der Waals surface area contributed by atoms with Gasteiger partial charge < -0.3 is 19.9 Å². The number of hydrogen-bond acceptors (Lipinski definition) is 5. The number of hydrogen-bond donors (Lipinski definition) is 2. The van der Waals surface area contributed by atoms with Crippen LogP contribution in [0, 0.1) is 24.2 Å². The molecule has 7 heteroatoms. The first-order valence-corrected chi connectivity index (χ1v) is 11.6. The zero-order valence-electron chi connectivity index (χ0n) is 19.9. The zero-order valence-corrected chi connectivity index (χ0v) is 19.9. The third kappa shape index (κ3) is 5.29. The molecule has 1 amide bonds. The van der Waals surface area contributed by atoms with Crippen LogP contribution in [0.1, 0.15) is 50.0 Å². The minimum atomic E-state index is -0.253. The number of anilines is 1. The van der Waals surface area contributed by atoms with E-state index in [9.17, 15) is 4.79 Å². The molecule has 2 heterocycles. The lowest BCUT2D eigenvalue weighted by Gasteiger charge is -2.36. The first-order chi connectivity index (χ1) is 15.7. The molecule has 1 fully saturated rings. The summed E-state index contributed by atoms with van der Waals surface area (Å²) < 4.78 is 8.04. The van der Waals surface area contributed by atoms with Gasteiger partial charge in [0, 0.05) is 39.0 Å². The number of imidazole rings is 1. The van der Waals surface area contributed by atoms with E-state index in [2.05, 4.69) is 34.0 Å². The molecule has 0 unspecified atom stereocenters. The van der Waals surface area contributed by atoms with Gasteiger partial charge in [-0.15, -0.1) is 0 Å². The topological polar surface area (TPSA) is 81.1 Å². The van der Waals surface area contributed by atoms with E-state index in [0.717, 1.165) is 23.5 Å². The molecule has 1 saturated carbocycles. The first-order valence-electron chi connectivity index (χ1n) is 11.6. The summed E-state index contributed by atoms with van der Waals surface area (Å²) >= 11 is 0. The second kappa shape index (κ2) is 9.41. The lowest BCUT2D eigenvalue weighted by molar-refractivity contribution is 0.0958. The number of benzene rings is 1. The largest absolute Gasteiger partial charge is 0.457 e. The summed E-state index contributed by atoms with van der Waals surface area (Å²) in [4.78, 5) is 20.7. The first kappa shape index (κ1) is 23.1. The predicted octanol–water partition coefficient (Wildman–Crippen LogP) is 5.08. The van der Waals surface area contributed by atoms with Crippen LogP contribution in [0.2, 0.25) is 0 Å². The predicted molar refractivity (Wildman–Crippen MR) is 130 cm³/mol. The lowest BCUT2D eigenvalue weighted by Crippen LogP contribution is -2.28. The molecule has 0 atom stereocenters. The average molecular weight is 448 g/mol. The van der Waals surface area contributed by atoms with Gasteiger partial charge in [-0.3, -0.25) is 9.78 Å². The van der Waals surface area contributed by atoms with E-state index in [1.807, 2.05) is 25.2 Å². The van der Waals surface area contributed by atoms with Crippen molar-refractivity contribution in [3.8, 4) is 11.5 Å². The van der Waals surface area contributed by atoms with E-state index in [-0.39, 0.29) is 11.3 Å². The molecule has 2 radical (unpaired) electrons. The zero-order chi connectivity index (χ0) is 23.6. The van der Waals surface area contributed by atoms with Crippen LogP contribution >= 0.6 is 0 Å². The normalized spacial score (nSPS) is 18.8. The summed E-state index contributed by atoms with van der Waals surface area (Å²) in [5, 5.41) is 6.12. The molecule has 4 rings (SSSR count). The number of pyridine rings is 1. The molecule has 0 saturated heterocycles. The van der Waals surface area contributed by atoms with Crippen molar-refractivity contribution in [1.82, 2.24) is 19.9 Å². The number of fused-ring (bicyclic) bond motifs is 1. The maximum atomic E-state index is 11.8. The van der Waals surface area contributed by atoms with Crippen LogP contribution in [0.15, 0.2) is 36.5 Å².